The van der Waals surface area contributed by atoms with Crippen LogP contribution in [0.25, 0.3) is 0 Å². The Bertz CT molecular complexity index is 701. The summed E-state index contributed by atoms with van der Waals surface area (Å²) < 4.78 is 14.0. The lowest BCUT2D eigenvalue weighted by Gasteiger charge is -2.26. The Labute approximate surface area is 131 Å². The van der Waals surface area contributed by atoms with Crippen LogP contribution < -0.4 is 0 Å². The number of nitrogens with zero attached hydrogens (tertiary/aromatic N) is 1. The third kappa shape index (κ3) is 2.60. The summed E-state index contributed by atoms with van der Waals surface area (Å²) in [6, 6.07) is 12.4. The normalized spacial score (nSPS) is 16.6. The monoisotopic (exact) mass is 347 g/mol. The van der Waals surface area contributed by atoms with Crippen molar-refractivity contribution in [2.45, 2.75) is 18.9 Å². The number of hydrogen-bond donors (Lipinski definition) is 0. The Morgan fingerprint density at radius 2 is 2.05 bits per heavy atom. The van der Waals surface area contributed by atoms with Gasteiger partial charge in [-0.15, -0.1) is 0 Å². The van der Waals surface area contributed by atoms with E-state index in [1.165, 1.54) is 23.3 Å². The van der Waals surface area contributed by atoms with Gasteiger partial charge in [0.25, 0.3) is 5.91 Å². The molecule has 0 aromatic heterocycles. The number of aryl methyl sites for hydroxylation is 1. The van der Waals surface area contributed by atoms with Gasteiger partial charge in [0.15, 0.2) is 0 Å². The van der Waals surface area contributed by atoms with Crippen molar-refractivity contribution in [2.24, 2.45) is 0 Å². The highest BCUT2D eigenvalue weighted by Gasteiger charge is 2.29. The molecule has 0 N–H and O–H groups in total. The number of benzene rings is 2. The molecule has 0 unspecified atom stereocenters. The number of carbonyl (C=O) groups is 1. The van der Waals surface area contributed by atoms with Gasteiger partial charge >= 0.3 is 0 Å². The average molecular weight is 348 g/mol. The molecule has 1 amide bonds. The van der Waals surface area contributed by atoms with E-state index in [1.807, 2.05) is 12.1 Å². The van der Waals surface area contributed by atoms with Gasteiger partial charge in [0.2, 0.25) is 0 Å². The molecule has 1 atom stereocenters. The van der Waals surface area contributed by atoms with Gasteiger partial charge < -0.3 is 4.90 Å². The summed E-state index contributed by atoms with van der Waals surface area (Å²) in [5, 5.41) is 0. The smallest absolute Gasteiger partial charge is 0.255 e. The molecule has 0 fully saturated rings. The molecule has 0 bridgehead atoms. The summed E-state index contributed by atoms with van der Waals surface area (Å²) in [6.07, 6.45) is 1.89. The molecule has 2 aromatic rings. The van der Waals surface area contributed by atoms with Crippen molar-refractivity contribution in [1.29, 1.82) is 0 Å². The van der Waals surface area contributed by atoms with Crippen LogP contribution in [-0.2, 0) is 6.42 Å². The van der Waals surface area contributed by atoms with E-state index < -0.39 is 5.82 Å². The van der Waals surface area contributed by atoms with Crippen LogP contribution in [0.4, 0.5) is 4.39 Å². The predicted octanol–water partition coefficient (Wildman–Crippen LogP) is 4.35. The van der Waals surface area contributed by atoms with Gasteiger partial charge in [-0.05, 0) is 58.1 Å². The fraction of sp³-hybridized carbons (Fsp3) is 0.235. The van der Waals surface area contributed by atoms with E-state index in [0.717, 1.165) is 12.8 Å². The summed E-state index contributed by atoms with van der Waals surface area (Å²) >= 11 is 3.33. The molecule has 0 saturated heterocycles. The van der Waals surface area contributed by atoms with E-state index in [9.17, 15) is 9.18 Å². The van der Waals surface area contributed by atoms with E-state index in [0.29, 0.717) is 10.0 Å². The van der Waals surface area contributed by atoms with Gasteiger partial charge in [-0.3, -0.25) is 4.79 Å². The Morgan fingerprint density at radius 3 is 2.86 bits per heavy atom. The summed E-state index contributed by atoms with van der Waals surface area (Å²) in [7, 11) is 1.78. The van der Waals surface area contributed by atoms with Crippen LogP contribution in [0.5, 0.6) is 0 Å². The van der Waals surface area contributed by atoms with Gasteiger partial charge in [0.1, 0.15) is 5.82 Å². The molecule has 3 rings (SSSR count). The number of rotatable bonds is 2. The molecule has 0 saturated carbocycles. The van der Waals surface area contributed by atoms with E-state index in [-0.39, 0.29) is 11.9 Å². The second kappa shape index (κ2) is 5.60. The number of carbonyl (C=O) groups excluding carboxylic acids is 1. The van der Waals surface area contributed by atoms with Gasteiger partial charge in [0, 0.05) is 11.5 Å². The fourth-order valence-electron chi connectivity index (χ4n) is 2.93. The van der Waals surface area contributed by atoms with E-state index >= 15 is 0 Å². The number of halogens is 2. The molecule has 0 heterocycles. The molecule has 21 heavy (non-hydrogen) atoms. The lowest BCUT2D eigenvalue weighted by molar-refractivity contribution is 0.0729. The number of fused-ring (bicyclic) bond motifs is 1. The summed E-state index contributed by atoms with van der Waals surface area (Å²) in [6.45, 7) is 0. The zero-order valence-corrected chi connectivity index (χ0v) is 13.2. The van der Waals surface area contributed by atoms with Crippen LogP contribution in [-0.4, -0.2) is 17.9 Å². The van der Waals surface area contributed by atoms with Crippen LogP contribution in [0.1, 0.15) is 33.9 Å². The second-order valence-corrected chi connectivity index (χ2v) is 6.15. The third-order valence-electron chi connectivity index (χ3n) is 4.05. The zero-order chi connectivity index (χ0) is 15.0. The molecule has 1 aliphatic carbocycles. The van der Waals surface area contributed by atoms with Crippen LogP contribution in [0.2, 0.25) is 0 Å². The maximum Gasteiger partial charge on any atom is 0.255 e. The zero-order valence-electron chi connectivity index (χ0n) is 11.6. The Balaban J connectivity index is 1.91. The lowest BCUT2D eigenvalue weighted by Crippen LogP contribution is -2.30. The maximum atomic E-state index is 13.4. The van der Waals surface area contributed by atoms with Gasteiger partial charge in [0.05, 0.1) is 11.6 Å². The molecule has 4 heteroatoms. The van der Waals surface area contributed by atoms with Crippen LogP contribution in [0, 0.1) is 5.82 Å². The maximum absolute atomic E-state index is 13.4. The first-order valence-corrected chi connectivity index (χ1v) is 7.67. The minimum Gasteiger partial charge on any atom is -0.335 e. The Hall–Kier alpha value is -1.68. The molecule has 2 nitrogen and oxygen atoms in total. The average Bonchev–Trinajstić information content (AvgIpc) is 2.92. The molecule has 0 aliphatic heterocycles. The summed E-state index contributed by atoms with van der Waals surface area (Å²) in [4.78, 5) is 14.4. The van der Waals surface area contributed by atoms with Gasteiger partial charge in [-0.25, -0.2) is 4.39 Å². The van der Waals surface area contributed by atoms with Crippen molar-refractivity contribution < 1.29 is 9.18 Å². The second-order valence-electron chi connectivity index (χ2n) is 5.29. The fourth-order valence-corrected chi connectivity index (χ4v) is 3.35. The Morgan fingerprint density at radius 1 is 1.29 bits per heavy atom. The summed E-state index contributed by atoms with van der Waals surface area (Å²) in [5.41, 5.74) is 2.85. The largest absolute Gasteiger partial charge is 0.335 e. The SMILES string of the molecule is CN(C(=O)c1cc(F)ccc1Br)[C@H]1CCc2ccccc21. The van der Waals surface area contributed by atoms with Crippen molar-refractivity contribution >= 4 is 21.8 Å². The number of hydrogen-bond acceptors (Lipinski definition) is 1. The lowest BCUT2D eigenvalue weighted by atomic mass is 10.1. The molecular formula is C17H15BrFNO. The topological polar surface area (TPSA) is 20.3 Å². The van der Waals surface area contributed by atoms with Crippen molar-refractivity contribution in [3.05, 3.63) is 69.4 Å². The molecular weight excluding hydrogens is 333 g/mol. The highest BCUT2D eigenvalue weighted by atomic mass is 79.9. The molecule has 108 valence electrons. The van der Waals surface area contributed by atoms with Crippen LogP contribution in [0.15, 0.2) is 46.9 Å². The molecule has 1 aliphatic rings. The van der Waals surface area contributed by atoms with E-state index in [2.05, 4.69) is 28.1 Å². The minimum absolute atomic E-state index is 0.0591. The van der Waals surface area contributed by atoms with Crippen molar-refractivity contribution in [3.63, 3.8) is 0 Å². The van der Waals surface area contributed by atoms with Gasteiger partial charge in [-0.2, -0.15) is 0 Å². The number of amides is 1. The molecule has 0 radical (unpaired) electrons. The first kappa shape index (κ1) is 14.3. The first-order chi connectivity index (χ1) is 10.1. The van der Waals surface area contributed by atoms with Gasteiger partial charge in [-0.1, -0.05) is 24.3 Å². The highest BCUT2D eigenvalue weighted by Crippen LogP contribution is 2.36. The van der Waals surface area contributed by atoms with Crippen molar-refractivity contribution in [1.82, 2.24) is 4.90 Å². The predicted molar refractivity (Wildman–Crippen MR) is 83.7 cm³/mol. The third-order valence-corrected chi connectivity index (χ3v) is 4.74. The van der Waals surface area contributed by atoms with Crippen LogP contribution in [0.3, 0.4) is 0 Å². The summed E-state index contributed by atoms with van der Waals surface area (Å²) in [5.74, 6) is -0.565. The molecule has 0 spiro atoms. The van der Waals surface area contributed by atoms with Crippen molar-refractivity contribution in [3.8, 4) is 0 Å². The molecule has 2 aromatic carbocycles. The van der Waals surface area contributed by atoms with Crippen molar-refractivity contribution in [2.75, 3.05) is 7.05 Å². The highest BCUT2D eigenvalue weighted by molar-refractivity contribution is 9.10. The quantitative estimate of drug-likeness (QED) is 0.790. The van der Waals surface area contributed by atoms with E-state index in [4.69, 9.17) is 0 Å². The first-order valence-electron chi connectivity index (χ1n) is 6.88. The van der Waals surface area contributed by atoms with E-state index in [1.54, 1.807) is 18.0 Å². The van der Waals surface area contributed by atoms with Crippen LogP contribution >= 0.6 is 15.9 Å². The standard InChI is InChI=1S/C17H15BrFNO/c1-20(16-9-6-11-4-2-3-5-13(11)16)17(21)14-10-12(19)7-8-15(14)18/h2-5,7-8,10,16H,6,9H2,1H3/t16-/m0/s1. The Kier molecular flexibility index (Phi) is 3.81. The minimum atomic E-state index is -0.401.